The van der Waals surface area contributed by atoms with Crippen molar-refractivity contribution >= 4 is 11.9 Å². The average molecular weight is 220 g/mol. The predicted molar refractivity (Wildman–Crippen MR) is 58.3 cm³/mol. The van der Waals surface area contributed by atoms with E-state index in [0.717, 1.165) is 5.56 Å². The molecule has 0 saturated heterocycles. The molecular weight excluding hydrogens is 208 g/mol. The molecule has 0 fully saturated rings. The summed E-state index contributed by atoms with van der Waals surface area (Å²) >= 11 is 0. The number of carbonyl (C=O) groups excluding carboxylic acids is 2. The first-order valence-electron chi connectivity index (χ1n) is 4.72. The Morgan fingerprint density at radius 1 is 1.44 bits per heavy atom. The lowest BCUT2D eigenvalue weighted by Gasteiger charge is -2.08. The number of carbonyl (C=O) groups is 1. The third-order valence-corrected chi connectivity index (χ3v) is 1.90. The molecule has 0 bridgehead atoms. The highest BCUT2D eigenvalue weighted by atomic mass is 16.6. The second kappa shape index (κ2) is 5.73. The monoisotopic (exact) mass is 220 g/mol. The van der Waals surface area contributed by atoms with Crippen molar-refractivity contribution in [2.24, 2.45) is 0 Å². The summed E-state index contributed by atoms with van der Waals surface area (Å²) in [6, 6.07) is 5.11. The van der Waals surface area contributed by atoms with Gasteiger partial charge in [-0.1, -0.05) is 6.07 Å². The molecule has 0 atom stereocenters. The Bertz CT molecular complexity index is 431. The third-order valence-electron chi connectivity index (χ3n) is 1.90. The Hall–Kier alpha value is -2.06. The van der Waals surface area contributed by atoms with Crippen LogP contribution >= 0.6 is 0 Å². The van der Waals surface area contributed by atoms with Gasteiger partial charge in [-0.3, -0.25) is 4.79 Å². The summed E-state index contributed by atoms with van der Waals surface area (Å²) in [5.74, 6) is 2.13. The molecule has 0 aliphatic heterocycles. The minimum absolute atomic E-state index is 0.369. The smallest absolute Gasteiger partial charge is 0.308 e. The molecule has 0 radical (unpaired) electrons. The molecule has 0 aromatic heterocycles. The van der Waals surface area contributed by atoms with Crippen LogP contribution in [0.5, 0.6) is 11.5 Å². The summed E-state index contributed by atoms with van der Waals surface area (Å²) in [5.41, 5.74) is 0.885. The lowest BCUT2D eigenvalue weighted by Crippen LogP contribution is -2.03. The Morgan fingerprint density at radius 2 is 2.19 bits per heavy atom. The van der Waals surface area contributed by atoms with E-state index in [1.807, 2.05) is 0 Å². The van der Waals surface area contributed by atoms with Gasteiger partial charge in [-0.25, -0.2) is 4.79 Å². The van der Waals surface area contributed by atoms with Crippen LogP contribution in [-0.4, -0.2) is 19.0 Å². The Kier molecular flexibility index (Phi) is 4.30. The number of ether oxygens (including phenoxy) is 2. The first kappa shape index (κ1) is 12.0. The van der Waals surface area contributed by atoms with Crippen LogP contribution in [0.2, 0.25) is 0 Å². The topological polar surface area (TPSA) is 52.6 Å². The maximum Gasteiger partial charge on any atom is 0.308 e. The number of hydrogen-bond acceptors (Lipinski definition) is 4. The minimum Gasteiger partial charge on any atom is -0.493 e. The van der Waals surface area contributed by atoms with Crippen molar-refractivity contribution in [3.63, 3.8) is 0 Å². The van der Waals surface area contributed by atoms with Gasteiger partial charge in [0, 0.05) is 19.4 Å². The van der Waals surface area contributed by atoms with Crippen molar-refractivity contribution in [1.29, 1.82) is 0 Å². The largest absolute Gasteiger partial charge is 0.493 e. The van der Waals surface area contributed by atoms with Crippen molar-refractivity contribution in [3.8, 4) is 11.5 Å². The van der Waals surface area contributed by atoms with E-state index < -0.39 is 5.97 Å². The van der Waals surface area contributed by atoms with Crippen molar-refractivity contribution in [1.82, 2.24) is 0 Å². The normalized spacial score (nSPS) is 9.12. The third kappa shape index (κ3) is 3.26. The molecule has 0 aliphatic rings. The molecule has 0 saturated carbocycles. The Labute approximate surface area is 93.5 Å². The van der Waals surface area contributed by atoms with Gasteiger partial charge in [0.05, 0.1) is 7.11 Å². The first-order chi connectivity index (χ1) is 7.67. The van der Waals surface area contributed by atoms with Crippen LogP contribution < -0.4 is 9.47 Å². The lowest BCUT2D eigenvalue weighted by atomic mass is 10.1. The van der Waals surface area contributed by atoms with Crippen LogP contribution in [0.25, 0.3) is 0 Å². The van der Waals surface area contributed by atoms with E-state index in [1.165, 1.54) is 20.1 Å². The average Bonchev–Trinajstić information content (AvgIpc) is 2.27. The van der Waals surface area contributed by atoms with Gasteiger partial charge in [0.25, 0.3) is 0 Å². The van der Waals surface area contributed by atoms with E-state index in [1.54, 1.807) is 24.1 Å². The lowest BCUT2D eigenvalue weighted by molar-refractivity contribution is -0.132. The SMILES string of the molecule is COc1cc(CC=C=O)ccc1OC(C)=O. The highest BCUT2D eigenvalue weighted by molar-refractivity contribution is 5.70. The van der Waals surface area contributed by atoms with Gasteiger partial charge < -0.3 is 9.47 Å². The van der Waals surface area contributed by atoms with Gasteiger partial charge in [-0.15, -0.1) is 0 Å². The highest BCUT2D eigenvalue weighted by Crippen LogP contribution is 2.28. The fourth-order valence-electron chi connectivity index (χ4n) is 1.24. The van der Waals surface area contributed by atoms with E-state index in [9.17, 15) is 9.59 Å². The van der Waals surface area contributed by atoms with Crippen molar-refractivity contribution in [2.45, 2.75) is 13.3 Å². The number of allylic oxidation sites excluding steroid dienone is 1. The quantitative estimate of drug-likeness (QED) is 0.439. The van der Waals surface area contributed by atoms with E-state index in [-0.39, 0.29) is 0 Å². The fraction of sp³-hybridized carbons (Fsp3) is 0.250. The summed E-state index contributed by atoms with van der Waals surface area (Å²) in [6.07, 6.45) is 1.85. The van der Waals surface area contributed by atoms with Crippen LogP contribution in [0.3, 0.4) is 0 Å². The molecule has 4 heteroatoms. The summed E-state index contributed by atoms with van der Waals surface area (Å²) in [5, 5.41) is 0. The van der Waals surface area contributed by atoms with Crippen LogP contribution in [0.1, 0.15) is 12.5 Å². The highest BCUT2D eigenvalue weighted by Gasteiger charge is 2.07. The second-order valence-electron chi connectivity index (χ2n) is 3.10. The molecule has 0 amide bonds. The van der Waals surface area contributed by atoms with E-state index in [2.05, 4.69) is 0 Å². The van der Waals surface area contributed by atoms with Gasteiger partial charge in [0.1, 0.15) is 5.94 Å². The fourth-order valence-corrected chi connectivity index (χ4v) is 1.24. The van der Waals surface area contributed by atoms with Crippen LogP contribution in [0.15, 0.2) is 24.3 Å². The van der Waals surface area contributed by atoms with Crippen molar-refractivity contribution in [3.05, 3.63) is 29.8 Å². The van der Waals surface area contributed by atoms with Gasteiger partial charge in [-0.05, 0) is 17.7 Å². The first-order valence-corrected chi connectivity index (χ1v) is 4.72. The molecular formula is C12H12O4. The number of hydrogen-bond donors (Lipinski definition) is 0. The van der Waals surface area contributed by atoms with Crippen LogP contribution in [0, 0.1) is 0 Å². The maximum atomic E-state index is 10.8. The molecule has 4 nitrogen and oxygen atoms in total. The molecule has 1 rings (SSSR count). The van der Waals surface area contributed by atoms with Gasteiger partial charge in [0.2, 0.25) is 0 Å². The molecule has 0 N–H and O–H groups in total. The molecule has 0 aliphatic carbocycles. The predicted octanol–water partition coefficient (Wildman–Crippen LogP) is 1.55. The molecule has 1 aromatic rings. The summed E-state index contributed by atoms with van der Waals surface area (Å²) in [4.78, 5) is 20.9. The number of rotatable bonds is 4. The van der Waals surface area contributed by atoms with E-state index in [0.29, 0.717) is 17.9 Å². The zero-order valence-corrected chi connectivity index (χ0v) is 9.15. The number of methoxy groups -OCH3 is 1. The Morgan fingerprint density at radius 3 is 2.75 bits per heavy atom. The van der Waals surface area contributed by atoms with Crippen molar-refractivity contribution in [2.75, 3.05) is 7.11 Å². The molecule has 0 spiro atoms. The summed E-state index contributed by atoms with van der Waals surface area (Å²) < 4.78 is 10.0. The van der Waals surface area contributed by atoms with Crippen molar-refractivity contribution < 1.29 is 19.1 Å². The zero-order valence-electron chi connectivity index (χ0n) is 9.15. The van der Waals surface area contributed by atoms with Crippen LogP contribution in [-0.2, 0) is 16.0 Å². The summed E-state index contributed by atoms with van der Waals surface area (Å²) in [7, 11) is 1.49. The maximum absolute atomic E-state index is 10.8. The molecule has 0 heterocycles. The molecule has 0 unspecified atom stereocenters. The van der Waals surface area contributed by atoms with Crippen LogP contribution in [0.4, 0.5) is 0 Å². The zero-order chi connectivity index (χ0) is 12.0. The summed E-state index contributed by atoms with van der Waals surface area (Å²) in [6.45, 7) is 1.32. The molecule has 16 heavy (non-hydrogen) atoms. The Balaban J connectivity index is 2.96. The minimum atomic E-state index is -0.404. The van der Waals surface area contributed by atoms with E-state index in [4.69, 9.17) is 9.47 Å². The molecule has 1 aromatic carbocycles. The van der Waals surface area contributed by atoms with Gasteiger partial charge >= 0.3 is 5.97 Å². The molecule has 84 valence electrons. The van der Waals surface area contributed by atoms with Gasteiger partial charge in [0.15, 0.2) is 11.5 Å². The number of esters is 1. The number of benzene rings is 1. The van der Waals surface area contributed by atoms with E-state index >= 15 is 0 Å². The second-order valence-corrected chi connectivity index (χ2v) is 3.10. The standard InChI is InChI=1S/C12H12O4/c1-9(14)16-11-6-5-10(4-3-7-13)8-12(11)15-2/h3,5-6,8H,4H2,1-2H3. The van der Waals surface area contributed by atoms with Gasteiger partial charge in [-0.2, -0.15) is 0 Å².